The van der Waals surface area contributed by atoms with E-state index in [4.69, 9.17) is 22.7 Å². The first kappa shape index (κ1) is 36.7. The molecular weight excluding hydrogens is 665 g/mol. The van der Waals surface area contributed by atoms with Gasteiger partial charge in [0.05, 0.1) is 33.6 Å². The lowest BCUT2D eigenvalue weighted by atomic mass is 10.3. The molecule has 0 fully saturated rings. The van der Waals surface area contributed by atoms with Crippen LogP contribution in [-0.4, -0.2) is 60.2 Å². The quantitative estimate of drug-likeness (QED) is 0.0670. The van der Waals surface area contributed by atoms with Crippen molar-refractivity contribution in [3.05, 3.63) is 83.4 Å². The monoisotopic (exact) mass is 699 g/mol. The zero-order chi connectivity index (χ0) is 34.6. The minimum absolute atomic E-state index is 0. The molecule has 0 aliphatic rings. The molecular formula is C30H35Cl2N11O5. The van der Waals surface area contributed by atoms with E-state index in [1.54, 1.807) is 62.1 Å². The van der Waals surface area contributed by atoms with Crippen LogP contribution in [-0.2, 0) is 33.0 Å². The maximum atomic E-state index is 13.1. The lowest BCUT2D eigenvalue weighted by Gasteiger charge is -2.04. The molecule has 48 heavy (non-hydrogen) atoms. The van der Waals surface area contributed by atoms with Gasteiger partial charge >= 0.3 is 0 Å². The summed E-state index contributed by atoms with van der Waals surface area (Å²) in [4.78, 5) is 63.4. The van der Waals surface area contributed by atoms with E-state index in [9.17, 15) is 24.0 Å². The molecule has 0 radical (unpaired) electrons. The van der Waals surface area contributed by atoms with Crippen LogP contribution in [0.2, 0.25) is 0 Å². The Morgan fingerprint density at radius 2 is 0.979 bits per heavy atom. The van der Waals surface area contributed by atoms with Crippen molar-refractivity contribution in [3.8, 4) is 0 Å². The molecule has 0 aromatic carbocycles. The molecule has 4 aromatic rings. The van der Waals surface area contributed by atoms with Gasteiger partial charge < -0.3 is 50.6 Å². The van der Waals surface area contributed by atoms with E-state index >= 15 is 0 Å². The van der Waals surface area contributed by atoms with E-state index < -0.39 is 23.6 Å². The number of aromatic nitrogens is 4. The summed E-state index contributed by atoms with van der Waals surface area (Å²) in [5, 5.41) is 20.5. The summed E-state index contributed by atoms with van der Waals surface area (Å²) >= 11 is 5.61. The lowest BCUT2D eigenvalue weighted by molar-refractivity contribution is -0.112. The highest BCUT2D eigenvalue weighted by molar-refractivity contribution is 6.43. The molecule has 0 saturated heterocycles. The molecule has 5 amide bonds. The van der Waals surface area contributed by atoms with Gasteiger partial charge in [-0.05, 0) is 24.3 Å². The number of anilines is 4. The molecule has 0 aliphatic carbocycles. The Morgan fingerprint density at radius 3 is 1.29 bits per heavy atom. The number of hydrogen-bond donors (Lipinski definition) is 7. The van der Waals surface area contributed by atoms with Gasteiger partial charge in [0.2, 0.25) is 0 Å². The Bertz CT molecular complexity index is 1930. The van der Waals surface area contributed by atoms with Crippen LogP contribution in [0, 0.1) is 5.41 Å². The first-order valence-electron chi connectivity index (χ1n) is 14.0. The zero-order valence-corrected chi connectivity index (χ0v) is 28.0. The smallest absolute Gasteiger partial charge is 0.272 e. The molecule has 0 bridgehead atoms. The zero-order valence-electron chi connectivity index (χ0n) is 26.4. The van der Waals surface area contributed by atoms with Crippen LogP contribution in [0.15, 0.2) is 60.7 Å². The van der Waals surface area contributed by atoms with Gasteiger partial charge in [0, 0.05) is 65.9 Å². The van der Waals surface area contributed by atoms with Crippen LogP contribution in [0.4, 0.5) is 22.7 Å². The van der Waals surface area contributed by atoms with Gasteiger partial charge in [0.15, 0.2) is 0 Å². The van der Waals surface area contributed by atoms with Crippen molar-refractivity contribution in [3.63, 3.8) is 0 Å². The highest BCUT2D eigenvalue weighted by Gasteiger charge is 2.20. The van der Waals surface area contributed by atoms with Gasteiger partial charge in [-0.3, -0.25) is 29.4 Å². The van der Waals surface area contributed by atoms with Gasteiger partial charge in [-0.1, -0.05) is 18.2 Å². The van der Waals surface area contributed by atoms with Crippen molar-refractivity contribution in [1.82, 2.24) is 23.6 Å². The SMILES string of the molecule is C=C(Cl)C(=O)Nc1cc(C(=O)Nc2cc(C(=O)Nc3cc(C(=O)Nc4cc(C(=O)NCCC(=N)N)n(C)c4)n(C)c3)n(C)c2)n(C)c1.Cl. The van der Waals surface area contributed by atoms with Crippen molar-refractivity contribution in [1.29, 1.82) is 5.41 Å². The molecule has 4 heterocycles. The number of nitrogens with two attached hydrogens (primary N) is 1. The molecule has 4 aromatic heterocycles. The van der Waals surface area contributed by atoms with Crippen LogP contribution >= 0.6 is 24.0 Å². The molecule has 0 aliphatic heterocycles. The molecule has 0 atom stereocenters. The maximum Gasteiger partial charge on any atom is 0.272 e. The van der Waals surface area contributed by atoms with Crippen LogP contribution < -0.4 is 32.3 Å². The fourth-order valence-electron chi connectivity index (χ4n) is 4.62. The van der Waals surface area contributed by atoms with E-state index in [1.165, 1.54) is 33.4 Å². The summed E-state index contributed by atoms with van der Waals surface area (Å²) in [5.74, 6) is -2.45. The Balaban J connectivity index is 0.00000625. The highest BCUT2D eigenvalue weighted by atomic mass is 35.5. The predicted octanol–water partition coefficient (Wildman–Crippen LogP) is 2.97. The Hall–Kier alpha value is -5.74. The lowest BCUT2D eigenvalue weighted by Crippen LogP contribution is -2.28. The first-order valence-corrected chi connectivity index (χ1v) is 14.4. The normalized spacial score (nSPS) is 10.4. The number of halogens is 2. The predicted molar refractivity (Wildman–Crippen MR) is 185 cm³/mol. The average Bonchev–Trinajstić information content (AvgIpc) is 3.73. The van der Waals surface area contributed by atoms with Crippen molar-refractivity contribution in [2.24, 2.45) is 33.9 Å². The maximum absolute atomic E-state index is 13.1. The van der Waals surface area contributed by atoms with E-state index in [1.807, 2.05) is 0 Å². The van der Waals surface area contributed by atoms with Gasteiger partial charge in [0.1, 0.15) is 22.8 Å². The summed E-state index contributed by atoms with van der Waals surface area (Å²) in [6.07, 6.45) is 6.49. The summed E-state index contributed by atoms with van der Waals surface area (Å²) in [7, 11) is 6.58. The minimum atomic E-state index is -0.593. The molecule has 0 spiro atoms. The average molecular weight is 701 g/mol. The number of amidine groups is 1. The molecule has 0 unspecified atom stereocenters. The molecule has 0 saturated carbocycles. The third-order valence-electron chi connectivity index (χ3n) is 6.91. The Labute approximate surface area is 286 Å². The van der Waals surface area contributed by atoms with Crippen molar-refractivity contribution < 1.29 is 24.0 Å². The van der Waals surface area contributed by atoms with Gasteiger partial charge in [-0.15, -0.1) is 12.4 Å². The third-order valence-corrected chi connectivity index (χ3v) is 7.08. The number of aryl methyl sites for hydroxylation is 4. The molecule has 8 N–H and O–H groups in total. The first-order chi connectivity index (χ1) is 22.1. The summed E-state index contributed by atoms with van der Waals surface area (Å²) in [5.41, 5.74) is 7.78. The number of carbonyl (C=O) groups excluding carboxylic acids is 5. The van der Waals surface area contributed by atoms with Crippen molar-refractivity contribution in [2.75, 3.05) is 27.8 Å². The molecule has 254 valence electrons. The topological polar surface area (TPSA) is 215 Å². The van der Waals surface area contributed by atoms with Crippen LogP contribution in [0.3, 0.4) is 0 Å². The number of carbonyl (C=O) groups is 5. The van der Waals surface area contributed by atoms with E-state index in [-0.39, 0.29) is 59.2 Å². The highest BCUT2D eigenvalue weighted by Crippen LogP contribution is 2.21. The fourth-order valence-corrected chi connectivity index (χ4v) is 4.67. The van der Waals surface area contributed by atoms with Crippen LogP contribution in [0.1, 0.15) is 48.4 Å². The summed E-state index contributed by atoms with van der Waals surface area (Å²) in [6.45, 7) is 3.57. The molecule has 18 heteroatoms. The van der Waals surface area contributed by atoms with E-state index in [0.29, 0.717) is 28.4 Å². The van der Waals surface area contributed by atoms with Crippen molar-refractivity contribution >= 4 is 82.1 Å². The number of nitrogens with zero attached hydrogens (tertiary/aromatic N) is 4. The van der Waals surface area contributed by atoms with Gasteiger partial charge in [0.25, 0.3) is 29.5 Å². The second-order valence-electron chi connectivity index (χ2n) is 10.7. The fraction of sp³-hybridized carbons (Fsp3) is 0.200. The second kappa shape index (κ2) is 15.2. The molecule has 16 nitrogen and oxygen atoms in total. The van der Waals surface area contributed by atoms with E-state index in [2.05, 4.69) is 33.2 Å². The Morgan fingerprint density at radius 1 is 0.667 bits per heavy atom. The summed E-state index contributed by atoms with van der Waals surface area (Å²) in [6, 6.07) is 5.99. The van der Waals surface area contributed by atoms with E-state index in [0.717, 1.165) is 0 Å². The van der Waals surface area contributed by atoms with Crippen LogP contribution in [0.5, 0.6) is 0 Å². The minimum Gasteiger partial charge on any atom is -0.388 e. The second-order valence-corrected chi connectivity index (χ2v) is 11.1. The van der Waals surface area contributed by atoms with Gasteiger partial charge in [-0.2, -0.15) is 0 Å². The number of rotatable bonds is 12. The Kier molecular flexibility index (Phi) is 11.7. The number of nitrogens with one attached hydrogen (secondary N) is 6. The summed E-state index contributed by atoms with van der Waals surface area (Å²) < 4.78 is 6.16. The molecule has 4 rings (SSSR count). The number of hydrogen-bond acceptors (Lipinski definition) is 6. The largest absolute Gasteiger partial charge is 0.388 e. The number of amides is 5. The van der Waals surface area contributed by atoms with Crippen molar-refractivity contribution in [2.45, 2.75) is 6.42 Å². The third kappa shape index (κ3) is 8.74. The van der Waals surface area contributed by atoms with Gasteiger partial charge in [-0.25, -0.2) is 0 Å². The van der Waals surface area contributed by atoms with Crippen LogP contribution in [0.25, 0.3) is 0 Å². The standard InChI is InChI=1S/C30H34ClN11O5.ClH/c1-16(31)26(43)35-17-9-22(40(3)12-17)28(45)37-19-11-24(42(5)14-19)30(47)38-20-10-23(41(4)15-20)29(46)36-18-8-21(39(2)13-18)27(44)34-7-6-25(32)33;/h8-15H,1,6-7H2,2-5H3,(H3,32,33)(H,34,44)(H,35,43)(H,36,46)(H,37,45)(H,38,47);1H.